The number of nitrogen functional groups attached to an aromatic ring is 1. The van der Waals surface area contributed by atoms with Crippen LogP contribution in [0, 0.1) is 0 Å². The average Bonchev–Trinajstić information content (AvgIpc) is 2.71. The lowest BCUT2D eigenvalue weighted by Gasteiger charge is -2.41. The highest BCUT2D eigenvalue weighted by Crippen LogP contribution is 2.33. The second kappa shape index (κ2) is 5.15. The van der Waals surface area contributed by atoms with Crippen molar-refractivity contribution in [3.05, 3.63) is 29.3 Å². The second-order valence-corrected chi connectivity index (χ2v) is 7.04. The van der Waals surface area contributed by atoms with Crippen molar-refractivity contribution in [1.82, 2.24) is 9.80 Å². The summed E-state index contributed by atoms with van der Waals surface area (Å²) in [5.74, 6) is -1.93. The number of piperidine rings is 1. The Bertz CT molecular complexity index is 779. The lowest BCUT2D eigenvalue weighted by molar-refractivity contribution is -0.157. The summed E-state index contributed by atoms with van der Waals surface area (Å²) in [6.45, 7) is 5.22. The Hall–Kier alpha value is -2.70. The minimum atomic E-state index is -0.978. The van der Waals surface area contributed by atoms with Gasteiger partial charge in [-0.15, -0.1) is 0 Å². The number of nitrogens with zero attached hydrogens (tertiary/aromatic N) is 2. The number of carbonyl (C=O) groups excluding carboxylic acids is 4. The molecule has 7 nitrogen and oxygen atoms in total. The molecule has 1 atom stereocenters. The third-order valence-electron chi connectivity index (χ3n) is 4.35. The van der Waals surface area contributed by atoms with Gasteiger partial charge in [-0.3, -0.25) is 29.0 Å². The summed E-state index contributed by atoms with van der Waals surface area (Å²) >= 11 is 0. The number of anilines is 1. The number of hydrogen-bond acceptors (Lipinski definition) is 5. The van der Waals surface area contributed by atoms with Gasteiger partial charge in [0.15, 0.2) is 0 Å². The van der Waals surface area contributed by atoms with Gasteiger partial charge >= 0.3 is 0 Å². The van der Waals surface area contributed by atoms with E-state index in [4.69, 9.17) is 5.73 Å². The van der Waals surface area contributed by atoms with Crippen molar-refractivity contribution in [2.75, 3.05) is 5.73 Å². The minimum absolute atomic E-state index is 0.108. The zero-order valence-corrected chi connectivity index (χ0v) is 13.8. The van der Waals surface area contributed by atoms with E-state index >= 15 is 0 Å². The molecule has 2 aliphatic rings. The van der Waals surface area contributed by atoms with Crippen LogP contribution in [0.5, 0.6) is 0 Å². The highest BCUT2D eigenvalue weighted by molar-refractivity contribution is 6.25. The maximum absolute atomic E-state index is 12.8. The fourth-order valence-corrected chi connectivity index (χ4v) is 3.32. The highest BCUT2D eigenvalue weighted by atomic mass is 16.2. The average molecular weight is 329 g/mol. The largest absolute Gasteiger partial charge is 0.398 e. The Morgan fingerprint density at radius 3 is 2.33 bits per heavy atom. The molecule has 1 fully saturated rings. The van der Waals surface area contributed by atoms with E-state index in [9.17, 15) is 19.2 Å². The number of rotatable bonds is 1. The van der Waals surface area contributed by atoms with Gasteiger partial charge in [0.1, 0.15) is 6.04 Å². The van der Waals surface area contributed by atoms with Crippen LogP contribution < -0.4 is 5.73 Å². The molecule has 1 saturated heterocycles. The number of imide groups is 2. The van der Waals surface area contributed by atoms with E-state index in [0.29, 0.717) is 0 Å². The van der Waals surface area contributed by atoms with Crippen LogP contribution in [0.15, 0.2) is 18.2 Å². The van der Waals surface area contributed by atoms with E-state index in [2.05, 4.69) is 0 Å². The van der Waals surface area contributed by atoms with Gasteiger partial charge in [0.2, 0.25) is 5.91 Å². The van der Waals surface area contributed by atoms with Crippen LogP contribution in [-0.4, -0.2) is 45.0 Å². The van der Waals surface area contributed by atoms with Crippen LogP contribution in [0.3, 0.4) is 0 Å². The summed E-state index contributed by atoms with van der Waals surface area (Å²) < 4.78 is 0. The summed E-state index contributed by atoms with van der Waals surface area (Å²) in [7, 11) is 0. The molecule has 7 heteroatoms. The van der Waals surface area contributed by atoms with E-state index in [-0.39, 0.29) is 35.6 Å². The molecule has 2 heterocycles. The van der Waals surface area contributed by atoms with Gasteiger partial charge in [-0.1, -0.05) is 6.07 Å². The fourth-order valence-electron chi connectivity index (χ4n) is 3.32. The van der Waals surface area contributed by atoms with Crippen LogP contribution in [0.2, 0.25) is 0 Å². The lowest BCUT2D eigenvalue weighted by Crippen LogP contribution is -2.61. The van der Waals surface area contributed by atoms with Crippen LogP contribution in [0.4, 0.5) is 5.69 Å². The molecule has 4 amide bonds. The van der Waals surface area contributed by atoms with Crippen LogP contribution >= 0.6 is 0 Å². The smallest absolute Gasteiger partial charge is 0.264 e. The fraction of sp³-hybridized carbons (Fsp3) is 0.412. The van der Waals surface area contributed by atoms with Crippen LogP contribution in [-0.2, 0) is 9.59 Å². The first-order valence-corrected chi connectivity index (χ1v) is 7.78. The summed E-state index contributed by atoms with van der Waals surface area (Å²) in [6, 6.07) is 3.68. The quantitative estimate of drug-likeness (QED) is 0.616. The Morgan fingerprint density at radius 2 is 1.75 bits per heavy atom. The molecule has 2 N–H and O–H groups in total. The molecule has 1 unspecified atom stereocenters. The first-order valence-electron chi connectivity index (χ1n) is 7.78. The predicted molar refractivity (Wildman–Crippen MR) is 86.0 cm³/mol. The van der Waals surface area contributed by atoms with Crippen molar-refractivity contribution in [2.45, 2.75) is 45.2 Å². The first kappa shape index (κ1) is 16.2. The standard InChI is InChI=1S/C17H19N3O4/c1-17(2,3)20-12(21)8-7-11(15(20)23)19-14(22)9-5-4-6-10(18)13(9)16(19)24/h4-6,11H,7-8,18H2,1-3H3. The van der Waals surface area contributed by atoms with Gasteiger partial charge in [-0.2, -0.15) is 0 Å². The van der Waals surface area contributed by atoms with E-state index < -0.39 is 29.3 Å². The SMILES string of the molecule is CC(C)(C)N1C(=O)CCC(N2C(=O)c3cccc(N)c3C2=O)C1=O. The molecule has 24 heavy (non-hydrogen) atoms. The molecular weight excluding hydrogens is 310 g/mol. The molecule has 1 aromatic carbocycles. The van der Waals surface area contributed by atoms with Crippen molar-refractivity contribution in [3.8, 4) is 0 Å². The van der Waals surface area contributed by atoms with Gasteiger partial charge < -0.3 is 5.73 Å². The van der Waals surface area contributed by atoms with Crippen molar-refractivity contribution in [3.63, 3.8) is 0 Å². The molecule has 3 rings (SSSR count). The molecule has 0 bridgehead atoms. The maximum Gasteiger partial charge on any atom is 0.264 e. The van der Waals surface area contributed by atoms with Gasteiger partial charge in [0.25, 0.3) is 17.7 Å². The lowest BCUT2D eigenvalue weighted by atomic mass is 9.96. The summed E-state index contributed by atoms with van der Waals surface area (Å²) in [5, 5.41) is 0. The van der Waals surface area contributed by atoms with Gasteiger partial charge in [-0.05, 0) is 39.3 Å². The van der Waals surface area contributed by atoms with E-state index in [0.717, 1.165) is 9.80 Å². The summed E-state index contributed by atoms with van der Waals surface area (Å²) in [6.07, 6.45) is 0.242. The predicted octanol–water partition coefficient (Wildman–Crippen LogP) is 1.18. The Morgan fingerprint density at radius 1 is 1.08 bits per heavy atom. The van der Waals surface area contributed by atoms with Crippen molar-refractivity contribution < 1.29 is 19.2 Å². The monoisotopic (exact) mass is 329 g/mol. The van der Waals surface area contributed by atoms with Crippen LogP contribution in [0.1, 0.15) is 54.3 Å². The molecule has 0 aromatic heterocycles. The number of carbonyl (C=O) groups is 4. The number of benzene rings is 1. The third-order valence-corrected chi connectivity index (χ3v) is 4.35. The Kier molecular flexibility index (Phi) is 3.47. The number of amides is 4. The third kappa shape index (κ3) is 2.19. The van der Waals surface area contributed by atoms with E-state index in [1.165, 1.54) is 6.07 Å². The Balaban J connectivity index is 2.00. The van der Waals surface area contributed by atoms with Crippen molar-refractivity contribution in [1.29, 1.82) is 0 Å². The number of nitrogens with two attached hydrogens (primary N) is 1. The van der Waals surface area contributed by atoms with Gasteiger partial charge in [0, 0.05) is 17.6 Å². The molecule has 0 aliphatic carbocycles. The van der Waals surface area contributed by atoms with E-state index in [1.807, 2.05) is 0 Å². The van der Waals surface area contributed by atoms with E-state index in [1.54, 1.807) is 32.9 Å². The molecule has 1 aromatic rings. The zero-order valence-electron chi connectivity index (χ0n) is 13.8. The molecule has 0 saturated carbocycles. The van der Waals surface area contributed by atoms with Crippen LogP contribution in [0.25, 0.3) is 0 Å². The molecule has 2 aliphatic heterocycles. The highest BCUT2D eigenvalue weighted by Gasteiger charge is 2.49. The van der Waals surface area contributed by atoms with Gasteiger partial charge in [0.05, 0.1) is 11.1 Å². The Labute approximate surface area is 139 Å². The molecular formula is C17H19N3O4. The van der Waals surface area contributed by atoms with Crippen molar-refractivity contribution >= 4 is 29.3 Å². The summed E-state index contributed by atoms with van der Waals surface area (Å²) in [5.41, 5.74) is 5.65. The molecule has 0 spiro atoms. The zero-order chi connectivity index (χ0) is 17.8. The van der Waals surface area contributed by atoms with Crippen molar-refractivity contribution in [2.24, 2.45) is 0 Å². The topological polar surface area (TPSA) is 101 Å². The molecule has 0 radical (unpaired) electrons. The first-order chi connectivity index (χ1) is 11.1. The maximum atomic E-state index is 12.8. The van der Waals surface area contributed by atoms with Gasteiger partial charge in [-0.25, -0.2) is 0 Å². The summed E-state index contributed by atoms with van der Waals surface area (Å²) in [4.78, 5) is 52.4. The number of hydrogen-bond donors (Lipinski definition) is 1. The second-order valence-electron chi connectivity index (χ2n) is 7.04. The number of likely N-dealkylation sites (tertiary alicyclic amines) is 1. The molecule has 126 valence electrons. The minimum Gasteiger partial charge on any atom is -0.398 e. The number of fused-ring (bicyclic) bond motifs is 1. The normalized spacial score (nSPS) is 21.5.